The van der Waals surface area contributed by atoms with Crippen LogP contribution in [0.2, 0.25) is 0 Å². The quantitative estimate of drug-likeness (QED) is 0.464. The molecule has 0 bridgehead atoms. The summed E-state index contributed by atoms with van der Waals surface area (Å²) in [5.74, 6) is 0. The molecule has 23 heavy (non-hydrogen) atoms. The molecule has 0 aliphatic heterocycles. The summed E-state index contributed by atoms with van der Waals surface area (Å²) in [5.41, 5.74) is 1.02. The number of benzene rings is 1. The maximum Gasteiger partial charge on any atom is 0.407 e. The van der Waals surface area contributed by atoms with Crippen LogP contribution in [0.3, 0.4) is 0 Å². The van der Waals surface area contributed by atoms with E-state index in [9.17, 15) is 4.79 Å². The van der Waals surface area contributed by atoms with Crippen LogP contribution in [-0.2, 0) is 11.3 Å². The fraction of sp³-hybridized carbons (Fsp3) is 0.650. The maximum absolute atomic E-state index is 11.5. The number of ether oxygens (including phenoxy) is 1. The first-order chi connectivity index (χ1) is 11.3. The first-order valence-corrected chi connectivity index (χ1v) is 9.27. The van der Waals surface area contributed by atoms with Crippen LogP contribution in [0.1, 0.15) is 76.7 Å². The predicted octanol–water partition coefficient (Wildman–Crippen LogP) is 5.83. The molecule has 0 radical (unpaired) electrons. The van der Waals surface area contributed by atoms with Crippen LogP contribution in [0, 0.1) is 0 Å². The third kappa shape index (κ3) is 11.7. The molecule has 0 aromatic heterocycles. The van der Waals surface area contributed by atoms with Crippen molar-refractivity contribution < 1.29 is 9.53 Å². The topological polar surface area (TPSA) is 38.3 Å². The summed E-state index contributed by atoms with van der Waals surface area (Å²) >= 11 is 0. The van der Waals surface area contributed by atoms with E-state index in [1.165, 1.54) is 57.8 Å². The van der Waals surface area contributed by atoms with E-state index >= 15 is 0 Å². The molecule has 1 aromatic rings. The van der Waals surface area contributed by atoms with Crippen molar-refractivity contribution in [1.82, 2.24) is 5.32 Å². The van der Waals surface area contributed by atoms with Gasteiger partial charge in [-0.25, -0.2) is 4.79 Å². The molecule has 0 saturated carbocycles. The lowest BCUT2D eigenvalue weighted by Crippen LogP contribution is -2.25. The van der Waals surface area contributed by atoms with Crippen molar-refractivity contribution >= 4 is 6.09 Å². The Kier molecular flexibility index (Phi) is 12.0. The minimum absolute atomic E-state index is 0.315. The molecule has 0 aliphatic rings. The van der Waals surface area contributed by atoms with E-state index in [0.717, 1.165) is 12.0 Å². The molecular weight excluding hydrogens is 286 g/mol. The lowest BCUT2D eigenvalue weighted by atomic mass is 10.1. The van der Waals surface area contributed by atoms with Gasteiger partial charge < -0.3 is 10.1 Å². The van der Waals surface area contributed by atoms with E-state index in [2.05, 4.69) is 12.2 Å². The van der Waals surface area contributed by atoms with Crippen molar-refractivity contribution in [1.29, 1.82) is 0 Å². The fourth-order valence-electron chi connectivity index (χ4n) is 2.58. The smallest absolute Gasteiger partial charge is 0.407 e. The molecule has 0 fully saturated rings. The molecule has 0 spiro atoms. The number of nitrogens with one attached hydrogen (secondary N) is 1. The van der Waals surface area contributed by atoms with E-state index in [1.54, 1.807) is 0 Å². The number of carbonyl (C=O) groups is 1. The number of carbonyl (C=O) groups excluding carboxylic acids is 1. The average Bonchev–Trinajstić information content (AvgIpc) is 2.59. The Morgan fingerprint density at radius 1 is 0.870 bits per heavy atom. The molecule has 130 valence electrons. The molecular formula is C20H33NO2. The molecule has 0 saturated heterocycles. The van der Waals surface area contributed by atoms with Gasteiger partial charge in [-0.05, 0) is 12.0 Å². The highest BCUT2D eigenvalue weighted by molar-refractivity contribution is 5.67. The van der Waals surface area contributed by atoms with Gasteiger partial charge >= 0.3 is 6.09 Å². The van der Waals surface area contributed by atoms with E-state index < -0.39 is 0 Å². The standard InChI is InChI=1S/C20H33NO2/c1-2-3-4-5-6-7-8-9-10-14-17-21-20(22)23-18-19-15-12-11-13-16-19/h11-13,15-16H,2-10,14,17-18H2,1H3,(H,21,22). The minimum Gasteiger partial charge on any atom is -0.445 e. The largest absolute Gasteiger partial charge is 0.445 e. The van der Waals surface area contributed by atoms with Crippen molar-refractivity contribution in [3.8, 4) is 0 Å². The van der Waals surface area contributed by atoms with Gasteiger partial charge in [0, 0.05) is 6.54 Å². The van der Waals surface area contributed by atoms with Crippen LogP contribution < -0.4 is 5.32 Å². The average molecular weight is 319 g/mol. The van der Waals surface area contributed by atoms with Crippen LogP contribution in [0.15, 0.2) is 30.3 Å². The first kappa shape index (κ1) is 19.5. The molecule has 1 rings (SSSR count). The highest BCUT2D eigenvalue weighted by Crippen LogP contribution is 2.10. The van der Waals surface area contributed by atoms with Crippen LogP contribution in [-0.4, -0.2) is 12.6 Å². The van der Waals surface area contributed by atoms with E-state index in [1.807, 2.05) is 30.3 Å². The first-order valence-electron chi connectivity index (χ1n) is 9.27. The van der Waals surface area contributed by atoms with E-state index in [4.69, 9.17) is 4.74 Å². The molecule has 1 aromatic carbocycles. The lowest BCUT2D eigenvalue weighted by Gasteiger charge is -2.07. The second kappa shape index (κ2) is 14.1. The molecule has 0 unspecified atom stereocenters. The zero-order valence-corrected chi connectivity index (χ0v) is 14.7. The van der Waals surface area contributed by atoms with Gasteiger partial charge in [0.15, 0.2) is 0 Å². The number of amides is 1. The predicted molar refractivity (Wildman–Crippen MR) is 96.5 cm³/mol. The summed E-state index contributed by atoms with van der Waals surface area (Å²) < 4.78 is 5.17. The molecule has 3 nitrogen and oxygen atoms in total. The van der Waals surface area contributed by atoms with E-state index in [0.29, 0.717) is 13.2 Å². The summed E-state index contributed by atoms with van der Waals surface area (Å²) in [7, 11) is 0. The lowest BCUT2D eigenvalue weighted by molar-refractivity contribution is 0.139. The van der Waals surface area contributed by atoms with Gasteiger partial charge in [0.25, 0.3) is 0 Å². The Morgan fingerprint density at radius 2 is 1.43 bits per heavy atom. The van der Waals surface area contributed by atoms with Crippen LogP contribution in [0.4, 0.5) is 4.79 Å². The highest BCUT2D eigenvalue weighted by Gasteiger charge is 2.01. The number of rotatable bonds is 13. The normalized spacial score (nSPS) is 10.5. The van der Waals surface area contributed by atoms with Crippen molar-refractivity contribution in [2.24, 2.45) is 0 Å². The monoisotopic (exact) mass is 319 g/mol. The summed E-state index contributed by atoms with van der Waals surface area (Å²) in [6.45, 7) is 3.31. The number of unbranched alkanes of at least 4 members (excludes halogenated alkanes) is 9. The Bertz CT molecular complexity index is 392. The second-order valence-electron chi connectivity index (χ2n) is 6.17. The molecule has 0 aliphatic carbocycles. The van der Waals surface area contributed by atoms with Crippen molar-refractivity contribution in [3.05, 3.63) is 35.9 Å². The Hall–Kier alpha value is -1.51. The number of alkyl carbamates (subject to hydrolysis) is 1. The van der Waals surface area contributed by atoms with Gasteiger partial charge in [-0.3, -0.25) is 0 Å². The van der Waals surface area contributed by atoms with Gasteiger partial charge in [-0.1, -0.05) is 95.0 Å². The molecule has 1 N–H and O–H groups in total. The maximum atomic E-state index is 11.5. The number of hydrogen-bond acceptors (Lipinski definition) is 2. The van der Waals surface area contributed by atoms with Crippen molar-refractivity contribution in [2.45, 2.75) is 77.7 Å². The summed E-state index contributed by atoms with van der Waals surface area (Å²) in [6, 6.07) is 9.75. The van der Waals surface area contributed by atoms with Crippen LogP contribution >= 0.6 is 0 Å². The van der Waals surface area contributed by atoms with Gasteiger partial charge in [0.2, 0.25) is 0 Å². The molecule has 0 heterocycles. The van der Waals surface area contributed by atoms with Gasteiger partial charge in [0.05, 0.1) is 0 Å². The zero-order chi connectivity index (χ0) is 16.6. The van der Waals surface area contributed by atoms with E-state index in [-0.39, 0.29) is 6.09 Å². The fourth-order valence-corrected chi connectivity index (χ4v) is 2.58. The Morgan fingerprint density at radius 3 is 2.04 bits per heavy atom. The third-order valence-corrected chi connectivity index (χ3v) is 4.01. The molecule has 1 amide bonds. The summed E-state index contributed by atoms with van der Waals surface area (Å²) in [5, 5.41) is 2.82. The van der Waals surface area contributed by atoms with Crippen LogP contribution in [0.25, 0.3) is 0 Å². The molecule has 0 atom stereocenters. The summed E-state index contributed by atoms with van der Waals surface area (Å²) in [4.78, 5) is 11.5. The van der Waals surface area contributed by atoms with Crippen molar-refractivity contribution in [2.75, 3.05) is 6.54 Å². The number of hydrogen-bond donors (Lipinski definition) is 1. The minimum atomic E-state index is -0.315. The SMILES string of the molecule is CCCCCCCCCCCCNC(=O)OCc1ccccc1. The second-order valence-corrected chi connectivity index (χ2v) is 6.17. The van der Waals surface area contributed by atoms with Gasteiger partial charge in [0.1, 0.15) is 6.61 Å². The van der Waals surface area contributed by atoms with Gasteiger partial charge in [-0.2, -0.15) is 0 Å². The highest BCUT2D eigenvalue weighted by atomic mass is 16.5. The van der Waals surface area contributed by atoms with Crippen molar-refractivity contribution in [3.63, 3.8) is 0 Å². The Balaban J connectivity index is 1.84. The summed E-state index contributed by atoms with van der Waals surface area (Å²) in [6.07, 6.45) is 12.7. The zero-order valence-electron chi connectivity index (χ0n) is 14.7. The van der Waals surface area contributed by atoms with Gasteiger partial charge in [-0.15, -0.1) is 0 Å². The molecule has 3 heteroatoms. The van der Waals surface area contributed by atoms with Crippen LogP contribution in [0.5, 0.6) is 0 Å². The third-order valence-electron chi connectivity index (χ3n) is 4.01. The Labute approximate surface area is 141 Å².